The van der Waals surface area contributed by atoms with Crippen LogP contribution in [-0.2, 0) is 4.79 Å². The molecule has 0 aromatic heterocycles. The van der Waals surface area contributed by atoms with Crippen molar-refractivity contribution in [1.29, 1.82) is 0 Å². The van der Waals surface area contributed by atoms with E-state index in [1.165, 1.54) is 29.5 Å². The Morgan fingerprint density at radius 1 is 1.35 bits per heavy atom. The maximum atomic E-state index is 11.2. The van der Waals surface area contributed by atoms with Crippen molar-refractivity contribution in [3.63, 3.8) is 0 Å². The van der Waals surface area contributed by atoms with Crippen molar-refractivity contribution >= 4 is 5.97 Å². The molecule has 0 spiro atoms. The number of hydrogen-bond donors (Lipinski definition) is 1. The SMILES string of the molecule is Cc1ccc(C)c(C(C)N(CC(=O)O)C2CCCC2)c1. The van der Waals surface area contributed by atoms with Crippen LogP contribution in [0.25, 0.3) is 0 Å². The van der Waals surface area contributed by atoms with Crippen molar-refractivity contribution in [2.75, 3.05) is 6.54 Å². The van der Waals surface area contributed by atoms with Crippen molar-refractivity contribution in [3.8, 4) is 0 Å². The van der Waals surface area contributed by atoms with Crippen LogP contribution in [-0.4, -0.2) is 28.6 Å². The van der Waals surface area contributed by atoms with Crippen molar-refractivity contribution in [1.82, 2.24) is 4.90 Å². The Morgan fingerprint density at radius 3 is 2.60 bits per heavy atom. The summed E-state index contributed by atoms with van der Waals surface area (Å²) in [5.74, 6) is -0.728. The van der Waals surface area contributed by atoms with Crippen LogP contribution < -0.4 is 0 Å². The normalized spacial score (nSPS) is 17.6. The molecule has 0 radical (unpaired) electrons. The summed E-state index contributed by atoms with van der Waals surface area (Å²) in [4.78, 5) is 13.4. The van der Waals surface area contributed by atoms with E-state index in [9.17, 15) is 9.90 Å². The molecular formula is C17H25NO2. The molecule has 2 rings (SSSR count). The Bertz CT molecular complexity index is 478. The minimum atomic E-state index is -0.728. The number of carboxylic acids is 1. The summed E-state index contributed by atoms with van der Waals surface area (Å²) < 4.78 is 0. The van der Waals surface area contributed by atoms with Gasteiger partial charge in [-0.05, 0) is 44.7 Å². The molecule has 1 aliphatic rings. The second-order valence-corrected chi connectivity index (χ2v) is 6.04. The first-order valence-corrected chi connectivity index (χ1v) is 7.53. The summed E-state index contributed by atoms with van der Waals surface area (Å²) in [7, 11) is 0. The summed E-state index contributed by atoms with van der Waals surface area (Å²) in [6.45, 7) is 6.48. The van der Waals surface area contributed by atoms with Crippen LogP contribution >= 0.6 is 0 Å². The third kappa shape index (κ3) is 3.40. The number of carbonyl (C=O) groups is 1. The molecule has 0 bridgehead atoms. The minimum Gasteiger partial charge on any atom is -0.480 e. The van der Waals surface area contributed by atoms with Crippen LogP contribution in [0.5, 0.6) is 0 Å². The van der Waals surface area contributed by atoms with Gasteiger partial charge >= 0.3 is 5.97 Å². The highest BCUT2D eigenvalue weighted by atomic mass is 16.4. The van der Waals surface area contributed by atoms with Crippen LogP contribution in [0.4, 0.5) is 0 Å². The maximum Gasteiger partial charge on any atom is 0.317 e. The van der Waals surface area contributed by atoms with E-state index in [1.54, 1.807) is 0 Å². The molecule has 1 N–H and O–H groups in total. The van der Waals surface area contributed by atoms with Crippen LogP contribution in [0.2, 0.25) is 0 Å². The molecule has 20 heavy (non-hydrogen) atoms. The van der Waals surface area contributed by atoms with Crippen LogP contribution in [0.3, 0.4) is 0 Å². The molecule has 1 aromatic carbocycles. The maximum absolute atomic E-state index is 11.2. The van der Waals surface area contributed by atoms with Gasteiger partial charge in [0.2, 0.25) is 0 Å². The number of carboxylic acid groups (broad SMARTS) is 1. The van der Waals surface area contributed by atoms with Crippen LogP contribution in [0.1, 0.15) is 55.3 Å². The molecule has 1 aliphatic carbocycles. The van der Waals surface area contributed by atoms with E-state index in [4.69, 9.17) is 0 Å². The lowest BCUT2D eigenvalue weighted by Crippen LogP contribution is -2.39. The van der Waals surface area contributed by atoms with E-state index in [1.807, 2.05) is 0 Å². The zero-order chi connectivity index (χ0) is 14.7. The highest BCUT2D eigenvalue weighted by Gasteiger charge is 2.29. The zero-order valence-electron chi connectivity index (χ0n) is 12.7. The smallest absolute Gasteiger partial charge is 0.317 e. The van der Waals surface area contributed by atoms with Gasteiger partial charge in [0.1, 0.15) is 0 Å². The van der Waals surface area contributed by atoms with Crippen molar-refractivity contribution in [2.24, 2.45) is 0 Å². The molecule has 0 amide bonds. The van der Waals surface area contributed by atoms with Gasteiger partial charge < -0.3 is 5.11 Å². The molecule has 0 aliphatic heterocycles. The van der Waals surface area contributed by atoms with E-state index < -0.39 is 5.97 Å². The van der Waals surface area contributed by atoms with Gasteiger partial charge in [-0.2, -0.15) is 0 Å². The Balaban J connectivity index is 2.26. The average Bonchev–Trinajstić information content (AvgIpc) is 2.91. The Hall–Kier alpha value is -1.35. The van der Waals surface area contributed by atoms with E-state index in [2.05, 4.69) is 43.9 Å². The van der Waals surface area contributed by atoms with Crippen molar-refractivity contribution in [2.45, 2.75) is 58.5 Å². The predicted molar refractivity (Wildman–Crippen MR) is 80.9 cm³/mol. The molecule has 0 heterocycles. The standard InChI is InChI=1S/C17H25NO2/c1-12-8-9-13(2)16(10-12)14(3)18(11-17(19)20)15-6-4-5-7-15/h8-10,14-15H,4-7,11H2,1-3H3,(H,19,20). The summed E-state index contributed by atoms with van der Waals surface area (Å²) in [6.07, 6.45) is 4.70. The lowest BCUT2D eigenvalue weighted by Gasteiger charge is -2.34. The molecule has 110 valence electrons. The van der Waals surface area contributed by atoms with E-state index in [0.717, 1.165) is 12.8 Å². The summed E-state index contributed by atoms with van der Waals surface area (Å²) in [5, 5.41) is 9.22. The lowest BCUT2D eigenvalue weighted by atomic mass is 9.97. The predicted octanol–water partition coefficient (Wildman–Crippen LogP) is 3.69. The van der Waals surface area contributed by atoms with Gasteiger partial charge in [0.25, 0.3) is 0 Å². The van der Waals surface area contributed by atoms with Crippen LogP contribution in [0.15, 0.2) is 18.2 Å². The Kier molecular flexibility index (Phi) is 4.81. The second kappa shape index (κ2) is 6.40. The fourth-order valence-corrected chi connectivity index (χ4v) is 3.36. The van der Waals surface area contributed by atoms with Gasteiger partial charge in [-0.15, -0.1) is 0 Å². The lowest BCUT2D eigenvalue weighted by molar-refractivity contribution is -0.139. The molecule has 0 saturated heterocycles. The number of nitrogens with zero attached hydrogens (tertiary/aromatic N) is 1. The molecule has 3 nitrogen and oxygen atoms in total. The quantitative estimate of drug-likeness (QED) is 0.891. The van der Waals surface area contributed by atoms with Gasteiger partial charge in [-0.1, -0.05) is 36.6 Å². The summed E-state index contributed by atoms with van der Waals surface area (Å²) in [6, 6.07) is 7.02. The molecule has 1 fully saturated rings. The van der Waals surface area contributed by atoms with E-state index in [0.29, 0.717) is 6.04 Å². The fraction of sp³-hybridized carbons (Fsp3) is 0.588. The first kappa shape index (κ1) is 15.0. The number of benzene rings is 1. The topological polar surface area (TPSA) is 40.5 Å². The van der Waals surface area contributed by atoms with E-state index >= 15 is 0 Å². The van der Waals surface area contributed by atoms with Crippen LogP contribution in [0, 0.1) is 13.8 Å². The molecular weight excluding hydrogens is 250 g/mol. The number of aryl methyl sites for hydroxylation is 2. The van der Waals surface area contributed by atoms with Gasteiger partial charge in [0, 0.05) is 12.1 Å². The second-order valence-electron chi connectivity index (χ2n) is 6.04. The fourth-order valence-electron chi connectivity index (χ4n) is 3.36. The Morgan fingerprint density at radius 2 is 2.00 bits per heavy atom. The number of hydrogen-bond acceptors (Lipinski definition) is 2. The molecule has 3 heteroatoms. The molecule has 1 atom stereocenters. The zero-order valence-corrected chi connectivity index (χ0v) is 12.7. The monoisotopic (exact) mass is 275 g/mol. The van der Waals surface area contributed by atoms with Crippen molar-refractivity contribution < 1.29 is 9.90 Å². The third-order valence-corrected chi connectivity index (χ3v) is 4.49. The largest absolute Gasteiger partial charge is 0.480 e. The van der Waals surface area contributed by atoms with Crippen molar-refractivity contribution in [3.05, 3.63) is 34.9 Å². The average molecular weight is 275 g/mol. The van der Waals surface area contributed by atoms with Gasteiger partial charge in [-0.3, -0.25) is 9.69 Å². The van der Waals surface area contributed by atoms with Gasteiger partial charge in [0.15, 0.2) is 0 Å². The highest BCUT2D eigenvalue weighted by molar-refractivity contribution is 5.69. The number of aliphatic carboxylic acids is 1. The minimum absolute atomic E-state index is 0.138. The highest BCUT2D eigenvalue weighted by Crippen LogP contribution is 2.32. The molecule has 1 aromatic rings. The van der Waals surface area contributed by atoms with E-state index in [-0.39, 0.29) is 12.6 Å². The third-order valence-electron chi connectivity index (χ3n) is 4.49. The van der Waals surface area contributed by atoms with Gasteiger partial charge in [0.05, 0.1) is 6.54 Å². The summed E-state index contributed by atoms with van der Waals surface area (Å²) in [5.41, 5.74) is 3.74. The first-order chi connectivity index (χ1) is 9.49. The summed E-state index contributed by atoms with van der Waals surface area (Å²) >= 11 is 0. The first-order valence-electron chi connectivity index (χ1n) is 7.53. The Labute approximate surface area is 121 Å². The molecule has 1 unspecified atom stereocenters. The number of rotatable bonds is 5. The molecule has 1 saturated carbocycles. The van der Waals surface area contributed by atoms with Gasteiger partial charge in [-0.25, -0.2) is 0 Å².